The summed E-state index contributed by atoms with van der Waals surface area (Å²) in [5.41, 5.74) is 0. The summed E-state index contributed by atoms with van der Waals surface area (Å²) in [6.07, 6.45) is 1.89. The van der Waals surface area contributed by atoms with Crippen molar-refractivity contribution in [2.75, 3.05) is 6.26 Å². The summed E-state index contributed by atoms with van der Waals surface area (Å²) in [5.74, 6) is 0. The van der Waals surface area contributed by atoms with Crippen LogP contribution in [0.1, 0.15) is 0 Å². The van der Waals surface area contributed by atoms with Crippen molar-refractivity contribution in [3.63, 3.8) is 0 Å². The standard InChI is InChI=1S/C4H4Cl2N2S.Ni/c1-9-4-7-2(5)3(6)8-4;/h1H3,(H,7,8);. The smallest absolute Gasteiger partial charge is 0.167 e. The summed E-state index contributed by atoms with van der Waals surface area (Å²) < 4.78 is 0. The third-order valence-electron chi connectivity index (χ3n) is 0.791. The number of halogens is 2. The Hall–Kier alpha value is 0.634. The summed E-state index contributed by atoms with van der Waals surface area (Å²) in [5, 5.41) is 1.48. The molecule has 6 heteroatoms. The topological polar surface area (TPSA) is 28.7 Å². The van der Waals surface area contributed by atoms with Crippen LogP contribution in [0.25, 0.3) is 0 Å². The van der Waals surface area contributed by atoms with E-state index < -0.39 is 0 Å². The molecule has 0 atom stereocenters. The van der Waals surface area contributed by atoms with Gasteiger partial charge in [-0.1, -0.05) is 35.0 Å². The van der Waals surface area contributed by atoms with Crippen LogP contribution in [-0.2, 0) is 16.5 Å². The van der Waals surface area contributed by atoms with Gasteiger partial charge < -0.3 is 4.98 Å². The van der Waals surface area contributed by atoms with Gasteiger partial charge in [0.2, 0.25) is 0 Å². The van der Waals surface area contributed by atoms with E-state index in [-0.39, 0.29) is 16.5 Å². The van der Waals surface area contributed by atoms with Crippen LogP contribution < -0.4 is 0 Å². The summed E-state index contributed by atoms with van der Waals surface area (Å²) in [6.45, 7) is 0. The molecule has 60 valence electrons. The molecule has 0 radical (unpaired) electrons. The van der Waals surface area contributed by atoms with Crippen LogP contribution in [0.2, 0.25) is 10.3 Å². The molecular formula is C4H4Cl2N2NiS. The first-order valence-electron chi connectivity index (χ1n) is 2.19. The van der Waals surface area contributed by atoms with Crippen LogP contribution >= 0.6 is 35.0 Å². The van der Waals surface area contributed by atoms with Crippen LogP contribution in [0.3, 0.4) is 0 Å². The second-order valence-corrected chi connectivity index (χ2v) is 2.88. The van der Waals surface area contributed by atoms with Crippen molar-refractivity contribution >= 4 is 35.0 Å². The number of aromatic nitrogens is 2. The van der Waals surface area contributed by atoms with E-state index in [4.69, 9.17) is 23.2 Å². The number of H-pyrrole nitrogens is 1. The van der Waals surface area contributed by atoms with Crippen molar-refractivity contribution in [2.45, 2.75) is 5.16 Å². The molecule has 0 amide bonds. The first-order chi connectivity index (χ1) is 4.24. The molecule has 0 aliphatic carbocycles. The van der Waals surface area contributed by atoms with Gasteiger partial charge in [0.1, 0.15) is 5.15 Å². The molecule has 1 N–H and O–H groups in total. The van der Waals surface area contributed by atoms with E-state index in [1.807, 2.05) is 6.26 Å². The van der Waals surface area contributed by atoms with E-state index in [9.17, 15) is 0 Å². The zero-order chi connectivity index (χ0) is 6.85. The van der Waals surface area contributed by atoms with E-state index in [0.29, 0.717) is 10.3 Å². The molecule has 1 heterocycles. The molecule has 0 aliphatic heterocycles. The van der Waals surface area contributed by atoms with Gasteiger partial charge >= 0.3 is 0 Å². The summed E-state index contributed by atoms with van der Waals surface area (Å²) in [4.78, 5) is 6.65. The van der Waals surface area contributed by atoms with Crippen LogP contribution in [0, 0.1) is 0 Å². The number of hydrogen-bond acceptors (Lipinski definition) is 2. The number of rotatable bonds is 1. The third kappa shape index (κ3) is 2.35. The number of nitrogens with one attached hydrogen (secondary N) is 1. The molecule has 10 heavy (non-hydrogen) atoms. The molecule has 0 spiro atoms. The molecule has 0 saturated carbocycles. The van der Waals surface area contributed by atoms with Gasteiger partial charge in [0.25, 0.3) is 0 Å². The van der Waals surface area contributed by atoms with Gasteiger partial charge in [-0.3, -0.25) is 0 Å². The second kappa shape index (κ2) is 4.50. The zero-order valence-corrected chi connectivity index (χ0v) is 8.24. The van der Waals surface area contributed by atoms with Gasteiger partial charge in [-0.15, -0.1) is 0 Å². The Morgan fingerprint density at radius 1 is 1.50 bits per heavy atom. The first-order valence-corrected chi connectivity index (χ1v) is 4.17. The van der Waals surface area contributed by atoms with Gasteiger partial charge in [0, 0.05) is 16.5 Å². The minimum Gasteiger partial charge on any atom is -0.323 e. The summed E-state index contributed by atoms with van der Waals surface area (Å²) in [6, 6.07) is 0. The van der Waals surface area contributed by atoms with E-state index in [1.165, 1.54) is 11.8 Å². The van der Waals surface area contributed by atoms with Crippen molar-refractivity contribution < 1.29 is 16.5 Å². The number of aromatic amines is 1. The molecule has 1 rings (SSSR count). The third-order valence-corrected chi connectivity index (χ3v) is 2.01. The van der Waals surface area contributed by atoms with Crippen molar-refractivity contribution in [3.8, 4) is 0 Å². The number of thioether (sulfide) groups is 1. The van der Waals surface area contributed by atoms with Crippen LogP contribution in [0.4, 0.5) is 0 Å². The Morgan fingerprint density at radius 3 is 2.30 bits per heavy atom. The van der Waals surface area contributed by atoms with Crippen LogP contribution in [0.5, 0.6) is 0 Å². The monoisotopic (exact) mass is 240 g/mol. The van der Waals surface area contributed by atoms with Gasteiger partial charge in [0.15, 0.2) is 10.3 Å². The molecule has 0 aliphatic rings. The van der Waals surface area contributed by atoms with Crippen molar-refractivity contribution in [3.05, 3.63) is 10.3 Å². The largest absolute Gasteiger partial charge is 0.323 e. The van der Waals surface area contributed by atoms with Gasteiger partial charge in [-0.2, -0.15) is 0 Å². The molecule has 0 bridgehead atoms. The predicted molar refractivity (Wildman–Crippen MR) is 40.4 cm³/mol. The Bertz CT molecular complexity index is 196. The SMILES string of the molecule is CSc1nc(Cl)c(Cl)[nH]1.[Ni]. The molecule has 2 nitrogen and oxygen atoms in total. The van der Waals surface area contributed by atoms with E-state index in [2.05, 4.69) is 9.97 Å². The van der Waals surface area contributed by atoms with Crippen molar-refractivity contribution in [2.24, 2.45) is 0 Å². The molecule has 0 unspecified atom stereocenters. The van der Waals surface area contributed by atoms with E-state index in [1.54, 1.807) is 0 Å². The average Bonchev–Trinajstić information content (AvgIpc) is 2.13. The zero-order valence-electron chi connectivity index (χ0n) is 4.93. The molecule has 0 aromatic carbocycles. The van der Waals surface area contributed by atoms with E-state index >= 15 is 0 Å². The molecule has 1 aromatic rings. The van der Waals surface area contributed by atoms with Gasteiger partial charge in [-0.25, -0.2) is 4.98 Å². The Morgan fingerprint density at radius 2 is 2.10 bits per heavy atom. The normalized spacial score (nSPS) is 9.10. The molecule has 0 fully saturated rings. The summed E-state index contributed by atoms with van der Waals surface area (Å²) >= 11 is 12.5. The quantitative estimate of drug-likeness (QED) is 0.604. The molecule has 0 saturated heterocycles. The van der Waals surface area contributed by atoms with Gasteiger partial charge in [0.05, 0.1) is 0 Å². The molecular weight excluding hydrogens is 238 g/mol. The maximum Gasteiger partial charge on any atom is 0.167 e. The minimum absolute atomic E-state index is 0. The van der Waals surface area contributed by atoms with E-state index in [0.717, 1.165) is 5.16 Å². The van der Waals surface area contributed by atoms with Crippen molar-refractivity contribution in [1.82, 2.24) is 9.97 Å². The maximum absolute atomic E-state index is 5.54. The van der Waals surface area contributed by atoms with Crippen LogP contribution in [0.15, 0.2) is 5.16 Å². The number of nitrogens with zero attached hydrogens (tertiary/aromatic N) is 1. The van der Waals surface area contributed by atoms with Crippen LogP contribution in [-0.4, -0.2) is 16.2 Å². The van der Waals surface area contributed by atoms with Crippen molar-refractivity contribution in [1.29, 1.82) is 0 Å². The fourth-order valence-corrected chi connectivity index (χ4v) is 1.16. The average molecular weight is 242 g/mol. The molecule has 1 aromatic heterocycles. The first kappa shape index (κ1) is 10.6. The number of hydrogen-bond donors (Lipinski definition) is 1. The fraction of sp³-hybridized carbons (Fsp3) is 0.250. The summed E-state index contributed by atoms with van der Waals surface area (Å²) in [7, 11) is 0. The minimum atomic E-state index is 0. The Balaban J connectivity index is 0.000000810. The maximum atomic E-state index is 5.54. The number of imidazole rings is 1. The fourth-order valence-electron chi connectivity index (χ4n) is 0.408. The Labute approximate surface area is 83.0 Å². The van der Waals surface area contributed by atoms with Gasteiger partial charge in [-0.05, 0) is 6.26 Å². The predicted octanol–water partition coefficient (Wildman–Crippen LogP) is 2.44. The second-order valence-electron chi connectivity index (χ2n) is 1.35. The Kier molecular flexibility index (Phi) is 4.78.